The van der Waals surface area contributed by atoms with Crippen LogP contribution in [0.1, 0.15) is 17.5 Å². The minimum atomic E-state index is -0.468. The average molecular weight is 337 g/mol. The van der Waals surface area contributed by atoms with Crippen LogP contribution >= 0.6 is 15.9 Å². The Labute approximate surface area is 125 Å². The third-order valence-electron chi connectivity index (χ3n) is 2.71. The number of hydrogen-bond donors (Lipinski definition) is 0. The van der Waals surface area contributed by atoms with Crippen LogP contribution in [0.25, 0.3) is 11.3 Å². The highest BCUT2D eigenvalue weighted by atomic mass is 79.9. The van der Waals surface area contributed by atoms with Gasteiger partial charge in [-0.2, -0.15) is 0 Å². The number of carbonyl (C=O) groups is 1. The molecule has 0 N–H and O–H groups in total. The molecule has 0 bridgehead atoms. The van der Waals surface area contributed by atoms with Crippen molar-refractivity contribution in [3.63, 3.8) is 0 Å². The Bertz CT molecular complexity index is 661. The maximum absolute atomic E-state index is 11.7. The van der Waals surface area contributed by atoms with Crippen LogP contribution in [0.4, 0.5) is 5.69 Å². The van der Waals surface area contributed by atoms with E-state index in [4.69, 9.17) is 9.15 Å². The first-order valence-electron chi connectivity index (χ1n) is 6.14. The second-order valence-electron chi connectivity index (χ2n) is 4.26. The summed E-state index contributed by atoms with van der Waals surface area (Å²) in [6.07, 6.45) is 0. The molecule has 0 aliphatic carbocycles. The van der Waals surface area contributed by atoms with Crippen LogP contribution in [0, 0.1) is 0 Å². The van der Waals surface area contributed by atoms with Crippen molar-refractivity contribution in [2.45, 2.75) is 6.92 Å². The molecule has 0 aliphatic rings. The van der Waals surface area contributed by atoms with Crippen molar-refractivity contribution in [1.29, 1.82) is 0 Å². The molecule has 0 fully saturated rings. The van der Waals surface area contributed by atoms with E-state index in [-0.39, 0.29) is 5.76 Å². The molecule has 0 saturated carbocycles. The fourth-order valence-corrected chi connectivity index (χ4v) is 2.27. The summed E-state index contributed by atoms with van der Waals surface area (Å²) < 4.78 is 13.0. The molecule has 20 heavy (non-hydrogen) atoms. The van der Waals surface area contributed by atoms with Gasteiger partial charge in [-0.25, -0.2) is 9.37 Å². The molecule has 1 aromatic heterocycles. The molecule has 104 valence electrons. The van der Waals surface area contributed by atoms with Crippen molar-refractivity contribution in [1.82, 2.24) is 0 Å². The Morgan fingerprint density at radius 3 is 2.85 bits per heavy atom. The minimum absolute atomic E-state index is 0.183. The number of furan rings is 1. The molecule has 2 aromatic rings. The lowest BCUT2D eigenvalue weighted by molar-refractivity contribution is -0.394. The summed E-state index contributed by atoms with van der Waals surface area (Å²) in [6, 6.07) is 9.32. The molecule has 0 unspecified atom stereocenters. The number of halogens is 1. The van der Waals surface area contributed by atoms with Crippen LogP contribution in [-0.4, -0.2) is 30.9 Å². The number of rotatable bonds is 4. The third-order valence-corrected chi connectivity index (χ3v) is 3.30. The van der Waals surface area contributed by atoms with Crippen LogP contribution in [0.5, 0.6) is 0 Å². The smallest absolute Gasteiger partial charge is 0.374 e. The van der Waals surface area contributed by atoms with E-state index in [1.54, 1.807) is 17.6 Å². The van der Waals surface area contributed by atoms with Gasteiger partial charge in [-0.1, -0.05) is 12.1 Å². The molecule has 0 amide bonds. The predicted octanol–water partition coefficient (Wildman–Crippen LogP) is 3.86. The Balaban J connectivity index is 2.40. The zero-order chi connectivity index (χ0) is 14.7. The van der Waals surface area contributed by atoms with E-state index >= 15 is 0 Å². The van der Waals surface area contributed by atoms with Crippen LogP contribution in [0.3, 0.4) is 0 Å². The minimum Gasteiger partial charge on any atom is -0.460 e. The Morgan fingerprint density at radius 2 is 2.20 bits per heavy atom. The lowest BCUT2D eigenvalue weighted by atomic mass is 10.1. The molecule has 1 aromatic carbocycles. The lowest BCUT2D eigenvalue weighted by Crippen LogP contribution is -2.02. The molecule has 5 heteroatoms. The van der Waals surface area contributed by atoms with Crippen molar-refractivity contribution in [3.05, 3.63) is 40.6 Å². The molecule has 0 spiro atoms. The highest BCUT2D eigenvalue weighted by Gasteiger charge is 2.18. The zero-order valence-electron chi connectivity index (χ0n) is 11.4. The van der Waals surface area contributed by atoms with Gasteiger partial charge >= 0.3 is 5.97 Å². The van der Waals surface area contributed by atoms with Crippen molar-refractivity contribution in [3.8, 4) is 11.3 Å². The maximum atomic E-state index is 11.7. The van der Waals surface area contributed by atoms with Gasteiger partial charge < -0.3 is 9.15 Å². The van der Waals surface area contributed by atoms with Gasteiger partial charge in [0.2, 0.25) is 11.4 Å². The quantitative estimate of drug-likeness (QED) is 0.483. The second-order valence-corrected chi connectivity index (χ2v) is 5.11. The number of hydrogen-bond acceptors (Lipinski definition) is 3. The predicted molar refractivity (Wildman–Crippen MR) is 80.8 cm³/mol. The number of ether oxygens (including phenoxy) is 1. The van der Waals surface area contributed by atoms with E-state index in [0.717, 1.165) is 11.3 Å². The van der Waals surface area contributed by atoms with E-state index < -0.39 is 5.97 Å². The summed E-state index contributed by atoms with van der Waals surface area (Å²) in [5.41, 5.74) is 1.81. The zero-order valence-corrected chi connectivity index (χ0v) is 12.9. The highest BCUT2D eigenvalue weighted by molar-refractivity contribution is 9.10. The summed E-state index contributed by atoms with van der Waals surface area (Å²) in [4.78, 5) is 11.7. The van der Waals surface area contributed by atoms with Gasteiger partial charge in [-0.05, 0) is 22.9 Å². The molecule has 0 radical (unpaired) electrons. The van der Waals surface area contributed by atoms with Gasteiger partial charge in [-0.3, -0.25) is 0 Å². The number of nitrogens with zero attached hydrogens (tertiary/aromatic N) is 1. The van der Waals surface area contributed by atoms with E-state index in [1.807, 2.05) is 31.3 Å². The van der Waals surface area contributed by atoms with Gasteiger partial charge in [0.25, 0.3) is 0 Å². The summed E-state index contributed by atoms with van der Waals surface area (Å²) >= 11 is 3.40. The van der Waals surface area contributed by atoms with Gasteiger partial charge in [0.05, 0.1) is 11.1 Å². The van der Waals surface area contributed by atoms with Crippen LogP contribution in [0.2, 0.25) is 0 Å². The van der Waals surface area contributed by atoms with Crippen molar-refractivity contribution < 1.29 is 18.5 Å². The molecule has 0 atom stereocenters. The molecule has 0 saturated heterocycles. The van der Waals surface area contributed by atoms with Crippen LogP contribution in [0.15, 0.2) is 39.2 Å². The van der Waals surface area contributed by atoms with Crippen molar-refractivity contribution in [2.75, 3.05) is 13.7 Å². The van der Waals surface area contributed by atoms with Gasteiger partial charge in [0.15, 0.2) is 0 Å². The van der Waals surface area contributed by atoms with Gasteiger partial charge in [0, 0.05) is 23.8 Å². The van der Waals surface area contributed by atoms with Crippen LogP contribution in [-0.2, 0) is 4.74 Å². The third kappa shape index (κ3) is 2.99. The topological polar surface area (TPSA) is 42.5 Å². The highest BCUT2D eigenvalue weighted by Crippen LogP contribution is 2.33. The molecule has 4 nitrogen and oxygen atoms in total. The lowest BCUT2D eigenvalue weighted by Gasteiger charge is -2.00. The second kappa shape index (κ2) is 6.05. The van der Waals surface area contributed by atoms with Crippen molar-refractivity contribution >= 4 is 34.3 Å². The first kappa shape index (κ1) is 14.5. The molecule has 0 aliphatic heterocycles. The molecule has 2 rings (SSSR count). The van der Waals surface area contributed by atoms with Crippen LogP contribution < -0.4 is 0 Å². The fourth-order valence-electron chi connectivity index (χ4n) is 1.75. The van der Waals surface area contributed by atoms with E-state index in [2.05, 4.69) is 22.6 Å². The summed E-state index contributed by atoms with van der Waals surface area (Å²) in [5.74, 6) is 0.309. The fraction of sp³-hybridized carbons (Fsp3) is 0.200. The van der Waals surface area contributed by atoms with Crippen molar-refractivity contribution in [2.24, 2.45) is 0 Å². The first-order valence-corrected chi connectivity index (χ1v) is 6.93. The Morgan fingerprint density at radius 1 is 1.45 bits per heavy atom. The van der Waals surface area contributed by atoms with E-state index in [9.17, 15) is 4.79 Å². The standard InChI is InChI=1S/C15H15BrNO3/c1-4-19-15(18)13-9-12(16)14(20-13)10-6-5-7-11(8-10)17(2)3/h5-9H,2,4H2,1,3H3/q+1. The Hall–Kier alpha value is -1.88. The average Bonchev–Trinajstić information content (AvgIpc) is 2.81. The SMILES string of the molecule is C=[N+](C)c1cccc(-c2oc(C(=O)OCC)cc2Br)c1. The van der Waals surface area contributed by atoms with Gasteiger partial charge in [-0.15, -0.1) is 0 Å². The van der Waals surface area contributed by atoms with E-state index in [1.165, 1.54) is 0 Å². The maximum Gasteiger partial charge on any atom is 0.374 e. The summed E-state index contributed by atoms with van der Waals surface area (Å²) in [5, 5.41) is 0. The Kier molecular flexibility index (Phi) is 4.39. The van der Waals surface area contributed by atoms with Gasteiger partial charge in [0.1, 0.15) is 19.5 Å². The molecular weight excluding hydrogens is 322 g/mol. The number of esters is 1. The normalized spacial score (nSPS) is 10.3. The van der Waals surface area contributed by atoms with E-state index in [0.29, 0.717) is 16.8 Å². The molecular formula is C15H15BrNO3+. The first-order chi connectivity index (χ1) is 9.52. The summed E-state index contributed by atoms with van der Waals surface area (Å²) in [7, 11) is 1.86. The number of carbonyl (C=O) groups excluding carboxylic acids is 1. The molecule has 1 heterocycles. The monoisotopic (exact) mass is 336 g/mol. The largest absolute Gasteiger partial charge is 0.460 e. The number of benzene rings is 1. The summed E-state index contributed by atoms with van der Waals surface area (Å²) in [6.45, 7) is 5.91.